The van der Waals surface area contributed by atoms with Crippen LogP contribution in [-0.2, 0) is 10.0 Å². The molecular formula is C12H15NO5S2. The number of carbonyl (C=O) groups is 1. The van der Waals surface area contributed by atoms with Crippen LogP contribution in [0.5, 0.6) is 5.75 Å². The number of thioether (sulfide) groups is 1. The van der Waals surface area contributed by atoms with Crippen molar-refractivity contribution in [1.29, 1.82) is 0 Å². The smallest absolute Gasteiger partial charge is 0.339 e. The van der Waals surface area contributed by atoms with Crippen LogP contribution in [0, 0.1) is 6.92 Å². The number of carboxylic acids is 1. The minimum Gasteiger partial charge on any atom is -0.507 e. The van der Waals surface area contributed by atoms with Crippen molar-refractivity contribution in [2.24, 2.45) is 0 Å². The number of aromatic carboxylic acids is 1. The summed E-state index contributed by atoms with van der Waals surface area (Å²) in [5.41, 5.74) is -0.109. The number of nitrogens with one attached hydrogen (secondary N) is 1. The van der Waals surface area contributed by atoms with Crippen molar-refractivity contribution in [2.45, 2.75) is 24.3 Å². The monoisotopic (exact) mass is 317 g/mol. The Bertz CT molecular complexity index is 635. The summed E-state index contributed by atoms with van der Waals surface area (Å²) in [5.74, 6) is -0.190. The number of sulfonamides is 1. The highest BCUT2D eigenvalue weighted by atomic mass is 32.2. The third-order valence-corrected chi connectivity index (χ3v) is 5.89. The molecule has 2 rings (SSSR count). The summed E-state index contributed by atoms with van der Waals surface area (Å²) in [6, 6.07) is 2.02. The first kappa shape index (κ1) is 15.1. The lowest BCUT2D eigenvalue weighted by atomic mass is 10.1. The van der Waals surface area contributed by atoms with Crippen LogP contribution < -0.4 is 4.72 Å². The van der Waals surface area contributed by atoms with Gasteiger partial charge in [-0.15, -0.1) is 0 Å². The number of aryl methyl sites for hydroxylation is 1. The van der Waals surface area contributed by atoms with E-state index in [4.69, 9.17) is 5.11 Å². The Morgan fingerprint density at radius 3 is 2.70 bits per heavy atom. The van der Waals surface area contributed by atoms with Crippen LogP contribution in [0.4, 0.5) is 0 Å². The van der Waals surface area contributed by atoms with Crippen molar-refractivity contribution in [1.82, 2.24) is 4.72 Å². The lowest BCUT2D eigenvalue weighted by Crippen LogP contribution is -2.35. The fourth-order valence-corrected chi connectivity index (χ4v) is 4.82. The molecule has 1 aromatic carbocycles. The summed E-state index contributed by atoms with van der Waals surface area (Å²) < 4.78 is 27.2. The Kier molecular flexibility index (Phi) is 4.26. The van der Waals surface area contributed by atoms with E-state index in [1.165, 1.54) is 6.92 Å². The van der Waals surface area contributed by atoms with Gasteiger partial charge in [-0.1, -0.05) is 0 Å². The molecule has 0 bridgehead atoms. The lowest BCUT2D eigenvalue weighted by molar-refractivity contribution is 0.0693. The van der Waals surface area contributed by atoms with E-state index in [1.54, 1.807) is 11.8 Å². The highest BCUT2D eigenvalue weighted by Gasteiger charge is 2.26. The van der Waals surface area contributed by atoms with Gasteiger partial charge in [0, 0.05) is 11.8 Å². The number of hydrogen-bond acceptors (Lipinski definition) is 5. The molecule has 1 aliphatic heterocycles. The summed E-state index contributed by atoms with van der Waals surface area (Å²) in [6.45, 7) is 1.52. The van der Waals surface area contributed by atoms with E-state index in [-0.39, 0.29) is 10.9 Å². The van der Waals surface area contributed by atoms with E-state index in [2.05, 4.69) is 4.72 Å². The molecule has 1 aromatic rings. The van der Waals surface area contributed by atoms with Crippen LogP contribution in [0.25, 0.3) is 0 Å². The SMILES string of the molecule is Cc1cc(O)c(C(=O)O)cc1S(=O)(=O)NC1CCSC1. The Labute approximate surface area is 121 Å². The Morgan fingerprint density at radius 2 is 2.15 bits per heavy atom. The molecule has 0 aliphatic carbocycles. The number of rotatable bonds is 4. The maximum Gasteiger partial charge on any atom is 0.339 e. The first-order valence-electron chi connectivity index (χ1n) is 5.98. The zero-order chi connectivity index (χ0) is 14.9. The maximum atomic E-state index is 12.3. The maximum absolute atomic E-state index is 12.3. The van der Waals surface area contributed by atoms with Crippen molar-refractivity contribution in [2.75, 3.05) is 11.5 Å². The number of phenols is 1. The minimum atomic E-state index is -3.78. The normalized spacial score (nSPS) is 19.1. The molecule has 0 spiro atoms. The Morgan fingerprint density at radius 1 is 1.45 bits per heavy atom. The van der Waals surface area contributed by atoms with Gasteiger partial charge in [0.05, 0.1) is 4.90 Å². The van der Waals surface area contributed by atoms with Crippen LogP contribution in [0.15, 0.2) is 17.0 Å². The van der Waals surface area contributed by atoms with E-state index < -0.39 is 27.3 Å². The van der Waals surface area contributed by atoms with Crippen molar-refractivity contribution >= 4 is 27.8 Å². The standard InChI is InChI=1S/C12H15NO5S2/c1-7-4-10(14)9(12(15)16)5-11(7)20(17,18)13-8-2-3-19-6-8/h4-5,8,13-14H,2-3,6H2,1H3,(H,15,16). The van der Waals surface area contributed by atoms with Gasteiger partial charge < -0.3 is 10.2 Å². The van der Waals surface area contributed by atoms with Gasteiger partial charge >= 0.3 is 5.97 Å². The first-order chi connectivity index (χ1) is 9.31. The molecule has 1 atom stereocenters. The largest absolute Gasteiger partial charge is 0.507 e. The quantitative estimate of drug-likeness (QED) is 0.770. The summed E-state index contributed by atoms with van der Waals surface area (Å²) in [7, 11) is -3.78. The topological polar surface area (TPSA) is 104 Å². The van der Waals surface area contributed by atoms with Crippen molar-refractivity contribution in [3.05, 3.63) is 23.3 Å². The third kappa shape index (κ3) is 3.08. The highest BCUT2D eigenvalue weighted by Crippen LogP contribution is 2.26. The molecule has 0 radical (unpaired) electrons. The van der Waals surface area contributed by atoms with Crippen molar-refractivity contribution in [3.8, 4) is 5.75 Å². The first-order valence-corrected chi connectivity index (χ1v) is 8.62. The second-order valence-corrected chi connectivity index (χ2v) is 7.45. The number of carboxylic acid groups (broad SMARTS) is 1. The summed E-state index contributed by atoms with van der Waals surface area (Å²) in [5, 5.41) is 18.5. The average molecular weight is 317 g/mol. The van der Waals surface area contributed by atoms with Gasteiger partial charge in [0.1, 0.15) is 11.3 Å². The second-order valence-electron chi connectivity index (χ2n) is 4.62. The van der Waals surface area contributed by atoms with Crippen LogP contribution in [-0.4, -0.2) is 42.1 Å². The van der Waals surface area contributed by atoms with E-state index in [0.717, 1.165) is 24.3 Å². The lowest BCUT2D eigenvalue weighted by Gasteiger charge is -2.14. The van der Waals surface area contributed by atoms with Gasteiger partial charge in [0.15, 0.2) is 0 Å². The molecule has 0 amide bonds. The molecule has 1 saturated heterocycles. The molecule has 110 valence electrons. The molecule has 1 heterocycles. The van der Waals surface area contributed by atoms with Crippen molar-refractivity contribution < 1.29 is 23.4 Å². The fraction of sp³-hybridized carbons (Fsp3) is 0.417. The van der Waals surface area contributed by atoms with Gasteiger partial charge in [0.25, 0.3) is 0 Å². The molecule has 20 heavy (non-hydrogen) atoms. The van der Waals surface area contributed by atoms with Gasteiger partial charge in [-0.3, -0.25) is 0 Å². The van der Waals surface area contributed by atoms with Crippen molar-refractivity contribution in [3.63, 3.8) is 0 Å². The average Bonchev–Trinajstić information content (AvgIpc) is 2.79. The molecule has 8 heteroatoms. The minimum absolute atomic E-state index is 0.107. The molecule has 0 aromatic heterocycles. The Hall–Kier alpha value is -1.25. The molecule has 6 nitrogen and oxygen atoms in total. The van der Waals surface area contributed by atoms with Crippen LogP contribution >= 0.6 is 11.8 Å². The van der Waals surface area contributed by atoms with E-state index in [9.17, 15) is 18.3 Å². The summed E-state index contributed by atoms with van der Waals surface area (Å²) in [4.78, 5) is 10.9. The zero-order valence-electron chi connectivity index (χ0n) is 10.8. The van der Waals surface area contributed by atoms with Crippen LogP contribution in [0.2, 0.25) is 0 Å². The predicted octanol–water partition coefficient (Wildman–Crippen LogP) is 1.18. The van der Waals surface area contributed by atoms with Gasteiger partial charge in [-0.25, -0.2) is 17.9 Å². The molecular weight excluding hydrogens is 302 g/mol. The summed E-state index contributed by atoms with van der Waals surface area (Å²) in [6.07, 6.45) is 0.757. The van der Waals surface area contributed by atoms with E-state index >= 15 is 0 Å². The number of aromatic hydroxyl groups is 1. The third-order valence-electron chi connectivity index (χ3n) is 3.06. The second kappa shape index (κ2) is 5.63. The summed E-state index contributed by atoms with van der Waals surface area (Å²) >= 11 is 1.67. The molecule has 1 unspecified atom stereocenters. The van der Waals surface area contributed by atoms with Crippen LogP contribution in [0.1, 0.15) is 22.3 Å². The molecule has 3 N–H and O–H groups in total. The molecule has 1 fully saturated rings. The van der Waals surface area contributed by atoms with E-state index in [1.807, 2.05) is 0 Å². The number of benzene rings is 1. The predicted molar refractivity (Wildman–Crippen MR) is 75.9 cm³/mol. The highest BCUT2D eigenvalue weighted by molar-refractivity contribution is 7.99. The number of hydrogen-bond donors (Lipinski definition) is 3. The fourth-order valence-electron chi connectivity index (χ4n) is 2.04. The van der Waals surface area contributed by atoms with Gasteiger partial charge in [0.2, 0.25) is 10.0 Å². The van der Waals surface area contributed by atoms with Crippen LogP contribution in [0.3, 0.4) is 0 Å². The van der Waals surface area contributed by atoms with Gasteiger partial charge in [-0.05, 0) is 36.8 Å². The zero-order valence-corrected chi connectivity index (χ0v) is 12.4. The molecule has 1 aliphatic rings. The van der Waals surface area contributed by atoms with Gasteiger partial charge in [-0.2, -0.15) is 11.8 Å². The van der Waals surface area contributed by atoms with E-state index in [0.29, 0.717) is 11.3 Å². The molecule has 0 saturated carbocycles. The Balaban J connectivity index is 2.40.